The summed E-state index contributed by atoms with van der Waals surface area (Å²) in [7, 11) is 0. The number of aliphatic carboxylic acids is 1. The maximum Gasteiger partial charge on any atom is 0.325 e. The fraction of sp³-hybridized carbons (Fsp3) is 0.700. The number of imide groups is 1. The van der Waals surface area contributed by atoms with Gasteiger partial charge in [-0.25, -0.2) is 4.79 Å². The van der Waals surface area contributed by atoms with Gasteiger partial charge in [-0.3, -0.25) is 14.5 Å². The Morgan fingerprint density at radius 2 is 1.81 bits per heavy atom. The highest BCUT2D eigenvalue weighted by Gasteiger charge is 2.52. The number of carbonyl (C=O) groups excluding carboxylic acids is 2. The van der Waals surface area contributed by atoms with E-state index in [0.29, 0.717) is 0 Å². The number of nitrogens with one attached hydrogen (secondary N) is 1. The third kappa shape index (κ3) is 1.54. The van der Waals surface area contributed by atoms with E-state index >= 15 is 0 Å². The van der Waals surface area contributed by atoms with Crippen molar-refractivity contribution >= 4 is 17.9 Å². The normalized spacial score (nSPS) is 17.6. The first-order chi connectivity index (χ1) is 7.12. The smallest absolute Gasteiger partial charge is 0.325 e. The second kappa shape index (κ2) is 3.47. The predicted octanol–water partition coefficient (Wildman–Crippen LogP) is 0.428. The first-order valence-corrected chi connectivity index (χ1v) is 4.96. The summed E-state index contributed by atoms with van der Waals surface area (Å²) < 4.78 is 0. The molecule has 16 heavy (non-hydrogen) atoms. The van der Waals surface area contributed by atoms with E-state index in [1.165, 1.54) is 13.8 Å². The monoisotopic (exact) mass is 228 g/mol. The molecule has 0 unspecified atom stereocenters. The van der Waals surface area contributed by atoms with Gasteiger partial charge in [0.05, 0.1) is 17.5 Å². The van der Waals surface area contributed by atoms with Crippen molar-refractivity contribution in [1.82, 2.24) is 10.2 Å². The van der Waals surface area contributed by atoms with E-state index in [9.17, 15) is 14.4 Å². The third-order valence-corrected chi connectivity index (χ3v) is 3.47. The molecule has 0 saturated carbocycles. The van der Waals surface area contributed by atoms with Crippen LogP contribution in [0.4, 0.5) is 4.79 Å². The van der Waals surface area contributed by atoms with Crippen LogP contribution in [-0.2, 0) is 9.59 Å². The number of hydrogen-bond acceptors (Lipinski definition) is 3. The SMILES string of the molecule is CC(C)(C(=O)O)C(C)(C)N1C(=O)CNC1=O. The highest BCUT2D eigenvalue weighted by atomic mass is 16.4. The van der Waals surface area contributed by atoms with Gasteiger partial charge in [-0.2, -0.15) is 0 Å². The van der Waals surface area contributed by atoms with Gasteiger partial charge >= 0.3 is 12.0 Å². The maximum absolute atomic E-state index is 11.6. The van der Waals surface area contributed by atoms with Gasteiger partial charge in [0.2, 0.25) is 0 Å². The Kier molecular flexibility index (Phi) is 2.70. The molecule has 3 amide bonds. The van der Waals surface area contributed by atoms with Crippen molar-refractivity contribution < 1.29 is 19.5 Å². The van der Waals surface area contributed by atoms with E-state index in [0.717, 1.165) is 4.90 Å². The second-order valence-corrected chi connectivity index (χ2v) is 4.88. The summed E-state index contributed by atoms with van der Waals surface area (Å²) in [5.41, 5.74) is -2.30. The van der Waals surface area contributed by atoms with Crippen LogP contribution >= 0.6 is 0 Å². The molecule has 0 aromatic rings. The zero-order chi connectivity index (χ0) is 12.7. The van der Waals surface area contributed by atoms with Crippen LogP contribution in [0.25, 0.3) is 0 Å². The first kappa shape index (κ1) is 12.5. The lowest BCUT2D eigenvalue weighted by Crippen LogP contribution is -2.59. The lowest BCUT2D eigenvalue weighted by atomic mass is 9.73. The van der Waals surface area contributed by atoms with Crippen LogP contribution in [0.1, 0.15) is 27.7 Å². The molecule has 1 saturated heterocycles. The molecule has 1 aliphatic heterocycles. The minimum Gasteiger partial charge on any atom is -0.481 e. The summed E-state index contributed by atoms with van der Waals surface area (Å²) in [4.78, 5) is 35.2. The standard InChI is InChI=1S/C10H16N2O4/c1-9(2,7(14)15)10(3,4)12-6(13)5-11-8(12)16/h5H2,1-4H3,(H,11,16)(H,14,15). The Morgan fingerprint density at radius 3 is 2.12 bits per heavy atom. The van der Waals surface area contributed by atoms with Crippen LogP contribution in [0.5, 0.6) is 0 Å². The molecule has 6 heteroatoms. The molecular weight excluding hydrogens is 212 g/mol. The van der Waals surface area contributed by atoms with Crippen LogP contribution in [0.2, 0.25) is 0 Å². The predicted molar refractivity (Wildman–Crippen MR) is 55.7 cm³/mol. The number of carbonyl (C=O) groups is 3. The Bertz CT molecular complexity index is 344. The Labute approximate surface area is 93.6 Å². The van der Waals surface area contributed by atoms with Gasteiger partial charge in [0.15, 0.2) is 0 Å². The van der Waals surface area contributed by atoms with Crippen molar-refractivity contribution in [2.75, 3.05) is 6.54 Å². The van der Waals surface area contributed by atoms with Gasteiger partial charge in [-0.15, -0.1) is 0 Å². The molecule has 1 heterocycles. The molecule has 0 atom stereocenters. The lowest BCUT2D eigenvalue weighted by Gasteiger charge is -2.43. The zero-order valence-electron chi connectivity index (χ0n) is 9.83. The number of urea groups is 1. The van der Waals surface area contributed by atoms with Crippen molar-refractivity contribution in [2.45, 2.75) is 33.2 Å². The number of rotatable bonds is 3. The van der Waals surface area contributed by atoms with E-state index in [-0.39, 0.29) is 6.54 Å². The Balaban J connectivity index is 3.15. The van der Waals surface area contributed by atoms with Crippen molar-refractivity contribution in [1.29, 1.82) is 0 Å². The van der Waals surface area contributed by atoms with Gasteiger partial charge in [-0.1, -0.05) is 0 Å². The minimum absolute atomic E-state index is 0.0715. The molecule has 1 rings (SSSR count). The minimum atomic E-state index is -1.22. The van der Waals surface area contributed by atoms with Crippen LogP contribution in [-0.4, -0.2) is 40.0 Å². The largest absolute Gasteiger partial charge is 0.481 e. The van der Waals surface area contributed by atoms with E-state index in [4.69, 9.17) is 5.11 Å². The molecule has 90 valence electrons. The van der Waals surface area contributed by atoms with Gasteiger partial charge in [-0.05, 0) is 27.7 Å². The van der Waals surface area contributed by atoms with Gasteiger partial charge in [0, 0.05) is 0 Å². The first-order valence-electron chi connectivity index (χ1n) is 4.96. The second-order valence-electron chi connectivity index (χ2n) is 4.88. The van der Waals surface area contributed by atoms with E-state index < -0.39 is 28.9 Å². The van der Waals surface area contributed by atoms with Crippen molar-refractivity contribution in [3.05, 3.63) is 0 Å². The average molecular weight is 228 g/mol. The number of amides is 3. The summed E-state index contributed by atoms with van der Waals surface area (Å²) in [6, 6.07) is -0.538. The highest BCUT2D eigenvalue weighted by Crippen LogP contribution is 2.37. The Hall–Kier alpha value is -1.59. The number of carboxylic acids is 1. The number of nitrogens with zero attached hydrogens (tertiary/aromatic N) is 1. The maximum atomic E-state index is 11.6. The van der Waals surface area contributed by atoms with E-state index in [1.807, 2.05) is 0 Å². The molecule has 1 aliphatic rings. The third-order valence-electron chi connectivity index (χ3n) is 3.47. The molecule has 6 nitrogen and oxygen atoms in total. The zero-order valence-corrected chi connectivity index (χ0v) is 9.83. The van der Waals surface area contributed by atoms with Crippen LogP contribution in [0.15, 0.2) is 0 Å². The number of hydrogen-bond donors (Lipinski definition) is 2. The molecule has 1 fully saturated rings. The quantitative estimate of drug-likeness (QED) is 0.686. The molecule has 0 bridgehead atoms. The summed E-state index contributed by atoms with van der Waals surface area (Å²) in [6.07, 6.45) is 0. The van der Waals surface area contributed by atoms with Crippen molar-refractivity contribution in [2.24, 2.45) is 5.41 Å². The van der Waals surface area contributed by atoms with Crippen LogP contribution < -0.4 is 5.32 Å². The Morgan fingerprint density at radius 1 is 1.31 bits per heavy atom. The fourth-order valence-electron chi connectivity index (χ4n) is 1.53. The number of carboxylic acid groups (broad SMARTS) is 1. The van der Waals surface area contributed by atoms with Crippen LogP contribution in [0, 0.1) is 5.41 Å². The summed E-state index contributed by atoms with van der Waals surface area (Å²) in [5.74, 6) is -1.45. The van der Waals surface area contributed by atoms with Gasteiger partial charge in [0.1, 0.15) is 0 Å². The average Bonchev–Trinajstić information content (AvgIpc) is 2.45. The highest BCUT2D eigenvalue weighted by molar-refractivity contribution is 6.03. The summed E-state index contributed by atoms with van der Waals surface area (Å²) >= 11 is 0. The fourth-order valence-corrected chi connectivity index (χ4v) is 1.53. The molecular formula is C10H16N2O4. The van der Waals surface area contributed by atoms with Crippen LogP contribution in [0.3, 0.4) is 0 Å². The van der Waals surface area contributed by atoms with E-state index in [1.54, 1.807) is 13.8 Å². The molecule has 2 N–H and O–H groups in total. The molecule has 0 spiro atoms. The molecule has 0 radical (unpaired) electrons. The summed E-state index contributed by atoms with van der Waals surface area (Å²) in [5, 5.41) is 11.5. The van der Waals surface area contributed by atoms with Gasteiger partial charge in [0.25, 0.3) is 5.91 Å². The topological polar surface area (TPSA) is 86.7 Å². The van der Waals surface area contributed by atoms with E-state index in [2.05, 4.69) is 5.32 Å². The molecule has 0 aliphatic carbocycles. The molecule has 0 aromatic heterocycles. The van der Waals surface area contributed by atoms with Crippen molar-refractivity contribution in [3.63, 3.8) is 0 Å². The lowest BCUT2D eigenvalue weighted by molar-refractivity contribution is -0.155. The van der Waals surface area contributed by atoms with Gasteiger partial charge < -0.3 is 10.4 Å². The summed E-state index contributed by atoms with van der Waals surface area (Å²) in [6.45, 7) is 6.06. The molecule has 0 aromatic carbocycles. The van der Waals surface area contributed by atoms with Crippen molar-refractivity contribution in [3.8, 4) is 0 Å².